The minimum atomic E-state index is -0.289. The summed E-state index contributed by atoms with van der Waals surface area (Å²) in [5.74, 6) is 1.75. The Balaban J connectivity index is 1.27. The van der Waals surface area contributed by atoms with Crippen LogP contribution in [0.25, 0.3) is 0 Å². The number of benzene rings is 1. The van der Waals surface area contributed by atoms with E-state index >= 15 is 0 Å². The molecule has 0 radical (unpaired) electrons. The Morgan fingerprint density at radius 3 is 2.63 bits per heavy atom. The summed E-state index contributed by atoms with van der Waals surface area (Å²) in [6.07, 6.45) is 5.29. The Morgan fingerprint density at radius 1 is 1.07 bits per heavy atom. The molecule has 1 N–H and O–H groups in total. The molecule has 1 aliphatic carbocycles. The molecule has 3 aromatic rings. The van der Waals surface area contributed by atoms with Gasteiger partial charge in [0, 0.05) is 30.4 Å². The smallest absolute Gasteiger partial charge is 0.273 e. The molecule has 0 unspecified atom stereocenters. The molecule has 1 amide bonds. The summed E-state index contributed by atoms with van der Waals surface area (Å²) in [6, 6.07) is 9.77. The number of fused-ring (bicyclic) bond motifs is 1. The van der Waals surface area contributed by atoms with Gasteiger partial charge in [0.25, 0.3) is 5.91 Å². The SMILES string of the molecule is Cc1cc(C)nc(CCNC(=O)c2cc(COc3ccc4c(c3)CCCC4)on2)n1. The third-order valence-corrected chi connectivity index (χ3v) is 5.16. The first-order valence-corrected chi connectivity index (χ1v) is 10.4. The summed E-state index contributed by atoms with van der Waals surface area (Å²) < 4.78 is 11.1. The van der Waals surface area contributed by atoms with Crippen LogP contribution in [-0.2, 0) is 25.9 Å². The zero-order chi connectivity index (χ0) is 20.9. The highest BCUT2D eigenvalue weighted by Gasteiger charge is 2.14. The average Bonchev–Trinajstić information content (AvgIpc) is 3.20. The number of nitrogens with zero attached hydrogens (tertiary/aromatic N) is 3. The van der Waals surface area contributed by atoms with Gasteiger partial charge in [0.05, 0.1) is 0 Å². The Morgan fingerprint density at radius 2 is 1.83 bits per heavy atom. The number of carbonyl (C=O) groups excluding carboxylic acids is 1. The maximum atomic E-state index is 12.3. The van der Waals surface area contributed by atoms with Crippen LogP contribution in [0.15, 0.2) is 34.9 Å². The van der Waals surface area contributed by atoms with Crippen LogP contribution in [0.2, 0.25) is 0 Å². The number of rotatable bonds is 7. The molecular weight excluding hydrogens is 380 g/mol. The van der Waals surface area contributed by atoms with Crippen molar-refractivity contribution in [3.8, 4) is 5.75 Å². The Kier molecular flexibility index (Phi) is 6.07. The van der Waals surface area contributed by atoms with Crippen molar-refractivity contribution in [2.75, 3.05) is 6.54 Å². The van der Waals surface area contributed by atoms with Crippen LogP contribution >= 0.6 is 0 Å². The van der Waals surface area contributed by atoms with Gasteiger partial charge in [0.2, 0.25) is 0 Å². The third-order valence-electron chi connectivity index (χ3n) is 5.16. The Labute approximate surface area is 175 Å². The first-order chi connectivity index (χ1) is 14.6. The highest BCUT2D eigenvalue weighted by atomic mass is 16.5. The molecule has 156 valence electrons. The van der Waals surface area contributed by atoms with E-state index in [0.717, 1.165) is 30.0 Å². The maximum Gasteiger partial charge on any atom is 0.273 e. The predicted octanol–water partition coefficient (Wildman–Crippen LogP) is 3.51. The van der Waals surface area contributed by atoms with Crippen molar-refractivity contribution in [3.63, 3.8) is 0 Å². The van der Waals surface area contributed by atoms with Gasteiger partial charge in [-0.3, -0.25) is 4.79 Å². The van der Waals surface area contributed by atoms with Gasteiger partial charge >= 0.3 is 0 Å². The second-order valence-corrected chi connectivity index (χ2v) is 7.68. The minimum Gasteiger partial charge on any atom is -0.486 e. The number of nitrogens with one attached hydrogen (secondary N) is 1. The van der Waals surface area contributed by atoms with Crippen molar-refractivity contribution in [2.45, 2.75) is 52.6 Å². The van der Waals surface area contributed by atoms with Gasteiger partial charge < -0.3 is 14.6 Å². The van der Waals surface area contributed by atoms with E-state index < -0.39 is 0 Å². The van der Waals surface area contributed by atoms with Gasteiger partial charge in [-0.1, -0.05) is 11.2 Å². The standard InChI is InChI=1S/C23H26N4O3/c1-15-11-16(2)26-22(25-15)9-10-24-23(28)21-13-20(30-27-21)14-29-19-8-7-17-5-3-4-6-18(17)12-19/h7-8,11-13H,3-6,9-10,14H2,1-2H3,(H,24,28). The molecule has 30 heavy (non-hydrogen) atoms. The van der Waals surface area contributed by atoms with E-state index in [1.54, 1.807) is 6.07 Å². The lowest BCUT2D eigenvalue weighted by Gasteiger charge is -2.16. The molecule has 0 saturated carbocycles. The average molecular weight is 406 g/mol. The molecule has 0 aliphatic heterocycles. The fourth-order valence-electron chi connectivity index (χ4n) is 3.73. The molecule has 1 aliphatic rings. The molecule has 7 heteroatoms. The molecule has 0 atom stereocenters. The van der Waals surface area contributed by atoms with E-state index in [1.807, 2.05) is 26.0 Å². The lowest BCUT2D eigenvalue weighted by atomic mass is 9.92. The van der Waals surface area contributed by atoms with Gasteiger partial charge in [0.1, 0.15) is 18.2 Å². The van der Waals surface area contributed by atoms with Crippen molar-refractivity contribution in [1.82, 2.24) is 20.4 Å². The van der Waals surface area contributed by atoms with Crippen molar-refractivity contribution < 1.29 is 14.1 Å². The largest absolute Gasteiger partial charge is 0.486 e. The monoisotopic (exact) mass is 406 g/mol. The van der Waals surface area contributed by atoms with Crippen LogP contribution < -0.4 is 10.1 Å². The lowest BCUT2D eigenvalue weighted by molar-refractivity contribution is 0.0944. The fourth-order valence-corrected chi connectivity index (χ4v) is 3.73. The van der Waals surface area contributed by atoms with Crippen LogP contribution in [0.4, 0.5) is 0 Å². The van der Waals surface area contributed by atoms with Crippen molar-refractivity contribution in [2.24, 2.45) is 0 Å². The first-order valence-electron chi connectivity index (χ1n) is 10.4. The van der Waals surface area contributed by atoms with Gasteiger partial charge in [-0.25, -0.2) is 9.97 Å². The number of carbonyl (C=O) groups is 1. The molecule has 4 rings (SSSR count). The lowest BCUT2D eigenvalue weighted by Crippen LogP contribution is -2.26. The van der Waals surface area contributed by atoms with E-state index in [2.05, 4.69) is 32.6 Å². The highest BCUT2D eigenvalue weighted by Crippen LogP contribution is 2.25. The third kappa shape index (κ3) is 5.03. The fraction of sp³-hybridized carbons (Fsp3) is 0.391. The number of aromatic nitrogens is 3. The zero-order valence-corrected chi connectivity index (χ0v) is 17.4. The molecule has 1 aromatic carbocycles. The van der Waals surface area contributed by atoms with Crippen molar-refractivity contribution in [3.05, 3.63) is 70.1 Å². The summed E-state index contributed by atoms with van der Waals surface area (Å²) >= 11 is 0. The quantitative estimate of drug-likeness (QED) is 0.646. The summed E-state index contributed by atoms with van der Waals surface area (Å²) in [7, 11) is 0. The molecule has 2 heterocycles. The summed E-state index contributed by atoms with van der Waals surface area (Å²) in [6.45, 7) is 4.52. The topological polar surface area (TPSA) is 90.1 Å². The van der Waals surface area contributed by atoms with Crippen LogP contribution in [0.5, 0.6) is 5.75 Å². The number of hydrogen-bond donors (Lipinski definition) is 1. The zero-order valence-electron chi connectivity index (χ0n) is 17.4. The van der Waals surface area contributed by atoms with Gasteiger partial charge in [0.15, 0.2) is 11.5 Å². The maximum absolute atomic E-state index is 12.3. The normalized spacial score (nSPS) is 13.0. The molecule has 7 nitrogen and oxygen atoms in total. The highest BCUT2D eigenvalue weighted by molar-refractivity contribution is 5.92. The molecule has 2 aromatic heterocycles. The van der Waals surface area contributed by atoms with Crippen LogP contribution in [0.1, 0.15) is 57.4 Å². The Bertz CT molecular complexity index is 1020. The number of hydrogen-bond acceptors (Lipinski definition) is 6. The van der Waals surface area contributed by atoms with E-state index in [9.17, 15) is 4.79 Å². The van der Waals surface area contributed by atoms with Gasteiger partial charge in [-0.05, 0) is 68.9 Å². The van der Waals surface area contributed by atoms with E-state index in [4.69, 9.17) is 9.26 Å². The van der Waals surface area contributed by atoms with Crippen molar-refractivity contribution >= 4 is 5.91 Å². The predicted molar refractivity (Wildman–Crippen MR) is 111 cm³/mol. The minimum absolute atomic E-state index is 0.232. The molecule has 0 saturated heterocycles. The van der Waals surface area contributed by atoms with E-state index in [0.29, 0.717) is 24.6 Å². The summed E-state index contributed by atoms with van der Waals surface area (Å²) in [4.78, 5) is 21.1. The molecule has 0 fully saturated rings. The summed E-state index contributed by atoms with van der Waals surface area (Å²) in [5, 5.41) is 6.68. The van der Waals surface area contributed by atoms with Gasteiger partial charge in [-0.15, -0.1) is 0 Å². The number of aryl methyl sites for hydroxylation is 4. The first kappa shape index (κ1) is 20.1. The van der Waals surface area contributed by atoms with Crippen LogP contribution in [0, 0.1) is 13.8 Å². The van der Waals surface area contributed by atoms with Crippen molar-refractivity contribution in [1.29, 1.82) is 0 Å². The Hall–Kier alpha value is -3.22. The molecular formula is C23H26N4O3. The number of ether oxygens (including phenoxy) is 1. The molecule has 0 bridgehead atoms. The molecule has 0 spiro atoms. The second-order valence-electron chi connectivity index (χ2n) is 7.68. The second kappa shape index (κ2) is 9.07. The van der Waals surface area contributed by atoms with Crippen LogP contribution in [-0.4, -0.2) is 27.6 Å². The number of amides is 1. The van der Waals surface area contributed by atoms with E-state index in [1.165, 1.54) is 24.0 Å². The van der Waals surface area contributed by atoms with Crippen LogP contribution in [0.3, 0.4) is 0 Å². The van der Waals surface area contributed by atoms with Gasteiger partial charge in [-0.2, -0.15) is 0 Å². The van der Waals surface area contributed by atoms with E-state index in [-0.39, 0.29) is 18.2 Å². The summed E-state index contributed by atoms with van der Waals surface area (Å²) in [5.41, 5.74) is 4.86.